The highest BCUT2D eigenvalue weighted by Crippen LogP contribution is 2.30. The lowest BCUT2D eigenvalue weighted by Gasteiger charge is -2.13. The van der Waals surface area contributed by atoms with Crippen molar-refractivity contribution in [2.45, 2.75) is 3.98 Å². The highest BCUT2D eigenvalue weighted by molar-refractivity contribution is 6.66. The predicted octanol–water partition coefficient (Wildman–Crippen LogP) is 3.21. The van der Waals surface area contributed by atoms with E-state index < -0.39 is 3.98 Å². The first kappa shape index (κ1) is 14.4. The summed E-state index contributed by atoms with van der Waals surface area (Å²) in [6.45, 7) is 0. The maximum absolute atomic E-state index is 8.47. The van der Waals surface area contributed by atoms with Gasteiger partial charge in [0.2, 0.25) is 5.71 Å². The fourth-order valence-corrected chi connectivity index (χ4v) is 1.19. The quantitative estimate of drug-likeness (QED) is 0.528. The number of nitrogens with zero attached hydrogens (tertiary/aromatic N) is 3. The third kappa shape index (κ3) is 5.11. The Morgan fingerprint density at radius 1 is 1.17 bits per heavy atom. The van der Waals surface area contributed by atoms with E-state index in [-0.39, 0.29) is 5.71 Å². The third-order valence-corrected chi connectivity index (χ3v) is 1.83. The molecule has 0 saturated carbocycles. The van der Waals surface area contributed by atoms with Crippen LogP contribution in [0.3, 0.4) is 0 Å². The monoisotopic (exact) mass is 302 g/mol. The van der Waals surface area contributed by atoms with Crippen LogP contribution in [-0.4, -0.2) is 9.69 Å². The largest absolute Gasteiger partial charge is 0.446 e. The van der Waals surface area contributed by atoms with Gasteiger partial charge in [-0.3, -0.25) is 5.43 Å². The first-order valence-electron chi connectivity index (χ1n) is 4.44. The fraction of sp³-hybridized carbons (Fsp3) is 0.100. The van der Waals surface area contributed by atoms with Gasteiger partial charge in [0.15, 0.2) is 0 Å². The van der Waals surface area contributed by atoms with Crippen LogP contribution in [0.15, 0.2) is 29.4 Å². The van der Waals surface area contributed by atoms with Gasteiger partial charge in [-0.2, -0.15) is 15.6 Å². The molecule has 0 spiro atoms. The summed E-state index contributed by atoms with van der Waals surface area (Å²) in [5, 5.41) is 20.5. The van der Waals surface area contributed by atoms with Gasteiger partial charge in [0, 0.05) is 0 Å². The van der Waals surface area contributed by atoms with E-state index in [9.17, 15) is 0 Å². The number of halogens is 3. The highest BCUT2D eigenvalue weighted by Gasteiger charge is 2.21. The second-order valence-corrected chi connectivity index (χ2v) is 5.05. The van der Waals surface area contributed by atoms with Crippen LogP contribution in [0.5, 0.6) is 5.75 Å². The van der Waals surface area contributed by atoms with Gasteiger partial charge in [0.05, 0.1) is 5.69 Å². The Morgan fingerprint density at radius 2 is 1.72 bits per heavy atom. The molecule has 0 saturated heterocycles. The molecule has 0 radical (unpaired) electrons. The first-order valence-corrected chi connectivity index (χ1v) is 5.57. The second-order valence-electron chi connectivity index (χ2n) is 2.87. The fourth-order valence-electron chi connectivity index (χ4n) is 0.927. The number of ether oxygens (including phenoxy) is 1. The SMILES string of the molecule is N#CC(C#N)=NNc1ccc(OC(Cl)(Cl)Cl)cc1. The first-order chi connectivity index (χ1) is 8.44. The molecule has 1 aromatic carbocycles. The normalized spacial score (nSPS) is 9.83. The molecule has 0 unspecified atom stereocenters. The number of hydrogen-bond acceptors (Lipinski definition) is 5. The molecule has 8 heteroatoms. The smallest absolute Gasteiger partial charge is 0.338 e. The van der Waals surface area contributed by atoms with Gasteiger partial charge in [-0.05, 0) is 59.1 Å². The summed E-state index contributed by atoms with van der Waals surface area (Å²) in [4.78, 5) is 0. The van der Waals surface area contributed by atoms with Crippen LogP contribution in [-0.2, 0) is 0 Å². The lowest BCUT2D eigenvalue weighted by Crippen LogP contribution is -2.12. The Labute approximate surface area is 118 Å². The van der Waals surface area contributed by atoms with Crippen molar-refractivity contribution >= 4 is 46.2 Å². The van der Waals surface area contributed by atoms with Crippen molar-refractivity contribution in [1.29, 1.82) is 10.5 Å². The van der Waals surface area contributed by atoms with Crippen LogP contribution in [0, 0.1) is 22.7 Å². The maximum Gasteiger partial charge on any atom is 0.338 e. The molecule has 0 aliphatic rings. The third-order valence-electron chi connectivity index (χ3n) is 1.60. The molecule has 0 aliphatic carbocycles. The number of anilines is 1. The zero-order chi connectivity index (χ0) is 13.6. The van der Waals surface area contributed by atoms with Gasteiger partial charge in [0.1, 0.15) is 17.9 Å². The summed E-state index contributed by atoms with van der Waals surface area (Å²) in [5.41, 5.74) is 2.79. The van der Waals surface area contributed by atoms with E-state index >= 15 is 0 Å². The molecular formula is C10H5Cl3N4O. The lowest BCUT2D eigenvalue weighted by molar-refractivity contribution is 0.320. The Kier molecular flexibility index (Phi) is 5.06. The minimum atomic E-state index is -1.83. The van der Waals surface area contributed by atoms with Gasteiger partial charge in [-0.15, -0.1) is 0 Å². The average molecular weight is 304 g/mol. The maximum atomic E-state index is 8.47. The van der Waals surface area contributed by atoms with Crippen molar-refractivity contribution in [3.8, 4) is 17.9 Å². The summed E-state index contributed by atoms with van der Waals surface area (Å²) < 4.78 is 3.12. The van der Waals surface area contributed by atoms with E-state index in [1.807, 2.05) is 0 Å². The van der Waals surface area contributed by atoms with Crippen LogP contribution in [0.1, 0.15) is 0 Å². The minimum Gasteiger partial charge on any atom is -0.446 e. The van der Waals surface area contributed by atoms with E-state index in [0.29, 0.717) is 11.4 Å². The molecule has 0 bridgehead atoms. The molecule has 18 heavy (non-hydrogen) atoms. The zero-order valence-electron chi connectivity index (χ0n) is 8.69. The Bertz CT molecular complexity index is 506. The minimum absolute atomic E-state index is 0.281. The molecule has 0 atom stereocenters. The number of hydrogen-bond donors (Lipinski definition) is 1. The van der Waals surface area contributed by atoms with Crippen LogP contribution >= 0.6 is 34.8 Å². The number of rotatable bonds is 3. The van der Waals surface area contributed by atoms with Gasteiger partial charge >= 0.3 is 3.98 Å². The highest BCUT2D eigenvalue weighted by atomic mass is 35.6. The topological polar surface area (TPSA) is 81.2 Å². The molecule has 92 valence electrons. The Hall–Kier alpha value is -1.66. The molecule has 0 aliphatic heterocycles. The Morgan fingerprint density at radius 3 is 2.17 bits per heavy atom. The van der Waals surface area contributed by atoms with E-state index in [1.165, 1.54) is 12.1 Å². The van der Waals surface area contributed by atoms with Crippen LogP contribution < -0.4 is 10.2 Å². The van der Waals surface area contributed by atoms with Crippen molar-refractivity contribution in [2.75, 3.05) is 5.43 Å². The van der Waals surface area contributed by atoms with Gasteiger partial charge in [-0.25, -0.2) is 0 Å². The number of alkyl halides is 3. The number of nitrogens with one attached hydrogen (secondary N) is 1. The van der Waals surface area contributed by atoms with Crippen molar-refractivity contribution in [3.05, 3.63) is 24.3 Å². The summed E-state index contributed by atoms with van der Waals surface area (Å²) in [5.74, 6) is 0.352. The van der Waals surface area contributed by atoms with E-state index in [0.717, 1.165) is 0 Å². The average Bonchev–Trinajstić information content (AvgIpc) is 2.30. The molecule has 5 nitrogen and oxygen atoms in total. The molecule has 0 fully saturated rings. The van der Waals surface area contributed by atoms with Crippen LogP contribution in [0.2, 0.25) is 0 Å². The van der Waals surface area contributed by atoms with Crippen molar-refractivity contribution in [3.63, 3.8) is 0 Å². The van der Waals surface area contributed by atoms with Crippen molar-refractivity contribution in [1.82, 2.24) is 0 Å². The van der Waals surface area contributed by atoms with Gasteiger partial charge in [0.25, 0.3) is 0 Å². The van der Waals surface area contributed by atoms with Crippen molar-refractivity contribution < 1.29 is 4.74 Å². The van der Waals surface area contributed by atoms with Crippen LogP contribution in [0.25, 0.3) is 0 Å². The van der Waals surface area contributed by atoms with Gasteiger partial charge in [-0.1, -0.05) is 0 Å². The van der Waals surface area contributed by atoms with E-state index in [1.54, 1.807) is 24.3 Å². The summed E-state index contributed by atoms with van der Waals surface area (Å²) >= 11 is 16.3. The molecule has 1 rings (SSSR count). The predicted molar refractivity (Wildman–Crippen MR) is 69.6 cm³/mol. The lowest BCUT2D eigenvalue weighted by atomic mass is 10.3. The Balaban J connectivity index is 2.71. The molecule has 0 aromatic heterocycles. The second kappa shape index (κ2) is 6.32. The molecule has 0 heterocycles. The van der Waals surface area contributed by atoms with Gasteiger partial charge < -0.3 is 4.74 Å². The van der Waals surface area contributed by atoms with Crippen molar-refractivity contribution in [2.24, 2.45) is 5.10 Å². The zero-order valence-corrected chi connectivity index (χ0v) is 11.0. The summed E-state index contributed by atoms with van der Waals surface area (Å²) in [6, 6.07) is 9.48. The van der Waals surface area contributed by atoms with Crippen LogP contribution in [0.4, 0.5) is 5.69 Å². The molecule has 0 amide bonds. The molecule has 1 N–H and O–H groups in total. The summed E-state index contributed by atoms with van der Waals surface area (Å²) in [7, 11) is 0. The number of benzene rings is 1. The molecule has 1 aromatic rings. The standard InChI is InChI=1S/C10H5Cl3N4O/c11-10(12,13)18-9-3-1-7(2-4-9)16-17-8(5-14)6-15/h1-4,16H. The number of nitriles is 2. The van der Waals surface area contributed by atoms with E-state index in [4.69, 9.17) is 50.1 Å². The molecular weight excluding hydrogens is 298 g/mol. The summed E-state index contributed by atoms with van der Waals surface area (Å²) in [6.07, 6.45) is 0. The number of hydrazone groups is 1. The van der Waals surface area contributed by atoms with E-state index in [2.05, 4.69) is 10.5 Å².